The third kappa shape index (κ3) is 3.18. The minimum absolute atomic E-state index is 0.0515. The van der Waals surface area contributed by atoms with Crippen LogP contribution in [0.2, 0.25) is 0 Å². The number of aromatic nitrogens is 4. The number of piperidine rings is 1. The van der Waals surface area contributed by atoms with Gasteiger partial charge in [0.25, 0.3) is 0 Å². The molecule has 0 unspecified atom stereocenters. The Morgan fingerprint density at radius 2 is 2.13 bits per heavy atom. The van der Waals surface area contributed by atoms with Gasteiger partial charge in [-0.3, -0.25) is 14.7 Å². The lowest BCUT2D eigenvalue weighted by Crippen LogP contribution is -2.34. The smallest absolute Gasteiger partial charge is 0.178 e. The molecule has 23 heavy (non-hydrogen) atoms. The van der Waals surface area contributed by atoms with Gasteiger partial charge in [0.15, 0.2) is 9.84 Å². The highest BCUT2D eigenvalue weighted by molar-refractivity contribution is 7.90. The van der Waals surface area contributed by atoms with Gasteiger partial charge in [-0.15, -0.1) is 0 Å². The number of rotatable bonds is 4. The molecule has 2 aromatic rings. The number of nitrogens with one attached hydrogen (secondary N) is 1. The Bertz CT molecular complexity index is 793. The van der Waals surface area contributed by atoms with E-state index in [2.05, 4.69) is 27.1 Å². The molecule has 0 aromatic carbocycles. The van der Waals surface area contributed by atoms with Crippen molar-refractivity contribution in [2.45, 2.75) is 43.7 Å². The van der Waals surface area contributed by atoms with E-state index >= 15 is 0 Å². The van der Waals surface area contributed by atoms with Crippen molar-refractivity contribution >= 4 is 9.84 Å². The van der Waals surface area contributed by atoms with Gasteiger partial charge >= 0.3 is 0 Å². The molecular formula is C15H23N5O2S. The molecule has 126 valence electrons. The molecule has 1 fully saturated rings. The fourth-order valence-corrected chi connectivity index (χ4v) is 4.07. The van der Waals surface area contributed by atoms with Gasteiger partial charge in [0.2, 0.25) is 0 Å². The number of likely N-dealkylation sites (tertiary alicyclic amines) is 1. The number of aryl methyl sites for hydroxylation is 1. The van der Waals surface area contributed by atoms with Crippen LogP contribution in [-0.4, -0.2) is 46.1 Å². The quantitative estimate of drug-likeness (QED) is 0.916. The van der Waals surface area contributed by atoms with Crippen molar-refractivity contribution in [3.05, 3.63) is 29.3 Å². The lowest BCUT2D eigenvalue weighted by molar-refractivity contribution is 0.135. The second kappa shape index (κ2) is 6.09. The summed E-state index contributed by atoms with van der Waals surface area (Å²) in [6, 6.07) is 0.0515. The van der Waals surface area contributed by atoms with Gasteiger partial charge in [-0.05, 0) is 26.3 Å². The molecule has 1 atom stereocenters. The van der Waals surface area contributed by atoms with Crippen LogP contribution >= 0.6 is 0 Å². The van der Waals surface area contributed by atoms with Crippen LogP contribution in [0.1, 0.15) is 42.3 Å². The Morgan fingerprint density at radius 3 is 2.78 bits per heavy atom. The average Bonchev–Trinajstić information content (AvgIpc) is 3.10. The van der Waals surface area contributed by atoms with Gasteiger partial charge in [-0.25, -0.2) is 8.42 Å². The third-order valence-corrected chi connectivity index (χ3v) is 5.81. The molecule has 1 saturated heterocycles. The molecule has 8 heteroatoms. The van der Waals surface area contributed by atoms with Gasteiger partial charge in [0.05, 0.1) is 24.1 Å². The Labute approximate surface area is 136 Å². The van der Waals surface area contributed by atoms with E-state index < -0.39 is 9.84 Å². The topological polar surface area (TPSA) is 83.9 Å². The van der Waals surface area contributed by atoms with Crippen molar-refractivity contribution in [1.82, 2.24) is 24.9 Å². The number of nitrogens with zero attached hydrogens (tertiary/aromatic N) is 4. The number of sulfone groups is 1. The maximum atomic E-state index is 12.0. The first-order valence-corrected chi connectivity index (χ1v) is 9.72. The summed E-state index contributed by atoms with van der Waals surface area (Å²) < 4.78 is 25.8. The monoisotopic (exact) mass is 337 g/mol. The highest BCUT2D eigenvalue weighted by Gasteiger charge is 2.30. The number of H-pyrrole nitrogens is 1. The van der Waals surface area contributed by atoms with E-state index in [9.17, 15) is 8.42 Å². The summed E-state index contributed by atoms with van der Waals surface area (Å²) in [5, 5.41) is 11.2. The molecule has 0 radical (unpaired) electrons. The molecule has 0 bridgehead atoms. The third-order valence-electron chi connectivity index (χ3n) is 4.69. The van der Waals surface area contributed by atoms with Gasteiger partial charge in [-0.1, -0.05) is 6.42 Å². The molecule has 3 rings (SSSR count). The van der Waals surface area contributed by atoms with Crippen molar-refractivity contribution < 1.29 is 8.42 Å². The van der Waals surface area contributed by atoms with Crippen LogP contribution in [0.4, 0.5) is 0 Å². The fraction of sp³-hybridized carbons (Fsp3) is 0.600. The molecule has 2 aromatic heterocycles. The SMILES string of the molecule is Cc1c(CN2CCCC[C@@H]2c2[nH]ncc2S(C)(=O)=O)cnn1C. The van der Waals surface area contributed by atoms with Gasteiger partial charge in [-0.2, -0.15) is 10.2 Å². The number of hydrogen-bond donors (Lipinski definition) is 1. The molecule has 1 aliphatic heterocycles. The van der Waals surface area contributed by atoms with Crippen molar-refractivity contribution in [2.75, 3.05) is 12.8 Å². The van der Waals surface area contributed by atoms with Crippen molar-refractivity contribution in [3.63, 3.8) is 0 Å². The second-order valence-corrected chi connectivity index (χ2v) is 8.27. The minimum atomic E-state index is -3.28. The molecule has 1 aliphatic rings. The highest BCUT2D eigenvalue weighted by atomic mass is 32.2. The Kier molecular flexibility index (Phi) is 4.29. The zero-order valence-corrected chi connectivity index (χ0v) is 14.6. The summed E-state index contributed by atoms with van der Waals surface area (Å²) >= 11 is 0. The van der Waals surface area contributed by atoms with Gasteiger partial charge in [0, 0.05) is 31.1 Å². The Balaban J connectivity index is 1.91. The van der Waals surface area contributed by atoms with E-state index in [1.807, 2.05) is 17.9 Å². The largest absolute Gasteiger partial charge is 0.290 e. The lowest BCUT2D eigenvalue weighted by Gasteiger charge is -2.35. The molecule has 0 aliphatic carbocycles. The van der Waals surface area contributed by atoms with E-state index in [-0.39, 0.29) is 6.04 Å². The van der Waals surface area contributed by atoms with Crippen LogP contribution in [0.3, 0.4) is 0 Å². The predicted molar refractivity (Wildman–Crippen MR) is 86.6 cm³/mol. The fourth-order valence-electron chi connectivity index (χ4n) is 3.24. The van der Waals surface area contributed by atoms with Crippen LogP contribution in [0.25, 0.3) is 0 Å². The van der Waals surface area contributed by atoms with E-state index in [1.54, 1.807) is 0 Å². The molecule has 0 saturated carbocycles. The van der Waals surface area contributed by atoms with Crippen LogP contribution < -0.4 is 0 Å². The maximum absolute atomic E-state index is 12.0. The molecular weight excluding hydrogens is 314 g/mol. The predicted octanol–water partition coefficient (Wildman–Crippen LogP) is 1.58. The minimum Gasteiger partial charge on any atom is -0.290 e. The summed E-state index contributed by atoms with van der Waals surface area (Å²) in [7, 11) is -1.34. The Morgan fingerprint density at radius 1 is 1.35 bits per heavy atom. The standard InChI is InChI=1S/C15H23N5O2S/c1-11-12(8-17-19(11)2)10-20-7-5-4-6-13(20)15-14(9-16-18-15)23(3,21)22/h8-9,13H,4-7,10H2,1-3H3,(H,16,18)/t13-/m1/s1. The van der Waals surface area contributed by atoms with E-state index in [0.717, 1.165) is 38.0 Å². The molecule has 0 amide bonds. The first-order valence-electron chi connectivity index (χ1n) is 7.83. The summed E-state index contributed by atoms with van der Waals surface area (Å²) in [5.74, 6) is 0. The van der Waals surface area contributed by atoms with Crippen molar-refractivity contribution in [1.29, 1.82) is 0 Å². The molecule has 3 heterocycles. The molecule has 0 spiro atoms. The molecule has 7 nitrogen and oxygen atoms in total. The second-order valence-electron chi connectivity index (χ2n) is 6.28. The highest BCUT2D eigenvalue weighted by Crippen LogP contribution is 2.34. The Hall–Kier alpha value is -1.67. The average molecular weight is 337 g/mol. The number of aromatic amines is 1. The summed E-state index contributed by atoms with van der Waals surface area (Å²) in [5.41, 5.74) is 3.04. The first-order chi connectivity index (χ1) is 10.9. The normalized spacial score (nSPS) is 20.0. The zero-order valence-electron chi connectivity index (χ0n) is 13.8. The van der Waals surface area contributed by atoms with Crippen LogP contribution in [-0.2, 0) is 23.4 Å². The van der Waals surface area contributed by atoms with Gasteiger partial charge < -0.3 is 0 Å². The van der Waals surface area contributed by atoms with Crippen molar-refractivity contribution in [3.8, 4) is 0 Å². The van der Waals surface area contributed by atoms with E-state index in [0.29, 0.717) is 10.6 Å². The van der Waals surface area contributed by atoms with E-state index in [1.165, 1.54) is 18.0 Å². The van der Waals surface area contributed by atoms with Crippen LogP contribution in [0, 0.1) is 6.92 Å². The first kappa shape index (κ1) is 16.2. The summed E-state index contributed by atoms with van der Waals surface area (Å²) in [6.07, 6.45) is 7.70. The van der Waals surface area contributed by atoms with Gasteiger partial charge in [0.1, 0.15) is 4.90 Å². The maximum Gasteiger partial charge on any atom is 0.178 e. The summed E-state index contributed by atoms with van der Waals surface area (Å²) in [6.45, 7) is 3.77. The van der Waals surface area contributed by atoms with Crippen molar-refractivity contribution in [2.24, 2.45) is 7.05 Å². The summed E-state index contributed by atoms with van der Waals surface area (Å²) in [4.78, 5) is 2.65. The van der Waals surface area contributed by atoms with Crippen LogP contribution in [0.15, 0.2) is 17.3 Å². The lowest BCUT2D eigenvalue weighted by atomic mass is 9.98. The molecule has 1 N–H and O–H groups in total. The van der Waals surface area contributed by atoms with E-state index in [4.69, 9.17) is 0 Å². The zero-order chi connectivity index (χ0) is 16.6. The number of hydrogen-bond acceptors (Lipinski definition) is 5. The van der Waals surface area contributed by atoms with Crippen LogP contribution in [0.5, 0.6) is 0 Å².